The third-order valence-corrected chi connectivity index (χ3v) is 6.26. The van der Waals surface area contributed by atoms with Gasteiger partial charge >= 0.3 is 0 Å². The number of fused-ring (bicyclic) bond motifs is 1. The summed E-state index contributed by atoms with van der Waals surface area (Å²) in [6.07, 6.45) is 0. The Kier molecular flexibility index (Phi) is 5.24. The van der Waals surface area contributed by atoms with E-state index in [-0.39, 0.29) is 17.2 Å². The molecule has 2 heterocycles. The van der Waals surface area contributed by atoms with Gasteiger partial charge in [-0.1, -0.05) is 35.5 Å². The second kappa shape index (κ2) is 7.81. The van der Waals surface area contributed by atoms with Crippen LogP contribution in [-0.2, 0) is 4.79 Å². The van der Waals surface area contributed by atoms with Gasteiger partial charge in [-0.25, -0.2) is 0 Å². The van der Waals surface area contributed by atoms with Crippen molar-refractivity contribution in [3.8, 4) is 5.75 Å². The van der Waals surface area contributed by atoms with Crippen LogP contribution in [-0.4, -0.2) is 22.9 Å². The lowest BCUT2D eigenvalue weighted by atomic mass is 10.0. The molecule has 7 heteroatoms. The smallest absolute Gasteiger partial charge is 0.240 e. The molecule has 5 nitrogen and oxygen atoms in total. The number of anilines is 1. The number of halogens is 1. The van der Waals surface area contributed by atoms with Crippen molar-refractivity contribution >= 4 is 35.0 Å². The van der Waals surface area contributed by atoms with Crippen LogP contribution in [0.2, 0.25) is 5.02 Å². The quantitative estimate of drug-likeness (QED) is 0.641. The van der Waals surface area contributed by atoms with E-state index in [1.807, 2.05) is 48.0 Å². The first kappa shape index (κ1) is 18.8. The lowest BCUT2D eigenvalue weighted by Gasteiger charge is -2.34. The maximum Gasteiger partial charge on any atom is 0.240 e. The minimum Gasteiger partial charge on any atom is -0.497 e. The fraction of sp³-hybridized carbons (Fsp3) is 0.190. The molecule has 0 spiro atoms. The first-order valence-corrected chi connectivity index (χ1v) is 10.1. The topological polar surface area (TPSA) is 55.3 Å². The molecule has 0 aliphatic carbocycles. The summed E-state index contributed by atoms with van der Waals surface area (Å²) in [6, 6.07) is 18.8. The number of amides is 1. The molecule has 0 unspecified atom stereocenters. The molecule has 4 rings (SSSR count). The Morgan fingerprint density at radius 2 is 1.82 bits per heavy atom. The van der Waals surface area contributed by atoms with E-state index in [1.54, 1.807) is 43.1 Å². The van der Waals surface area contributed by atoms with Crippen molar-refractivity contribution in [2.45, 2.75) is 23.2 Å². The van der Waals surface area contributed by atoms with Crippen molar-refractivity contribution in [1.82, 2.24) is 4.68 Å². The molecule has 1 amide bonds. The van der Waals surface area contributed by atoms with E-state index < -0.39 is 0 Å². The first-order chi connectivity index (χ1) is 13.5. The second-order valence-electron chi connectivity index (χ2n) is 6.56. The average Bonchev–Trinajstić information content (AvgIpc) is 3.09. The summed E-state index contributed by atoms with van der Waals surface area (Å²) in [7, 11) is 1.64. The first-order valence-electron chi connectivity index (χ1n) is 8.87. The van der Waals surface area contributed by atoms with Gasteiger partial charge < -0.3 is 15.5 Å². The Hall–Kier alpha value is -2.57. The standard InChI is InChI=1S/C21H20ClN3O2S/c1-13-3-12-18-25(13)24-19(14-4-10-17(27-2)11-5-14)20(28-18)21(26)23-16-8-6-15(22)7-9-16/h3-12,19-20,24H,1-2H3,(H,23,26)/t19-,20+/m0/s1. The Morgan fingerprint density at radius 3 is 2.50 bits per heavy atom. The highest BCUT2D eigenvalue weighted by Crippen LogP contribution is 2.39. The van der Waals surface area contributed by atoms with Gasteiger partial charge in [-0.2, -0.15) is 0 Å². The van der Waals surface area contributed by atoms with E-state index in [2.05, 4.69) is 10.7 Å². The van der Waals surface area contributed by atoms with Crippen LogP contribution >= 0.6 is 23.4 Å². The van der Waals surface area contributed by atoms with Crippen LogP contribution in [0.3, 0.4) is 0 Å². The number of methoxy groups -OCH3 is 1. The number of hydrogen-bond acceptors (Lipinski definition) is 4. The van der Waals surface area contributed by atoms with Crippen molar-refractivity contribution in [3.05, 3.63) is 76.9 Å². The molecular formula is C21H20ClN3O2S. The molecule has 2 atom stereocenters. The Morgan fingerprint density at radius 1 is 1.11 bits per heavy atom. The fourth-order valence-electron chi connectivity index (χ4n) is 3.19. The van der Waals surface area contributed by atoms with Gasteiger partial charge in [0.1, 0.15) is 11.0 Å². The largest absolute Gasteiger partial charge is 0.497 e. The van der Waals surface area contributed by atoms with Gasteiger partial charge in [0.2, 0.25) is 5.91 Å². The van der Waals surface area contributed by atoms with E-state index in [9.17, 15) is 4.79 Å². The summed E-state index contributed by atoms with van der Waals surface area (Å²) in [5.74, 6) is 0.720. The number of thioether (sulfide) groups is 1. The zero-order valence-corrected chi connectivity index (χ0v) is 17.1. The monoisotopic (exact) mass is 413 g/mol. The highest BCUT2D eigenvalue weighted by atomic mass is 35.5. The SMILES string of the molecule is COc1ccc([C@@H]2Nn3c(C)ccc3S[C@H]2C(=O)Nc2ccc(Cl)cc2)cc1. The number of aromatic nitrogens is 1. The fourth-order valence-corrected chi connectivity index (χ4v) is 4.54. The van der Waals surface area contributed by atoms with Gasteiger partial charge in [-0.3, -0.25) is 9.47 Å². The molecule has 0 radical (unpaired) electrons. The Balaban J connectivity index is 1.64. The molecule has 28 heavy (non-hydrogen) atoms. The van der Waals surface area contributed by atoms with E-state index in [0.717, 1.165) is 27.7 Å². The highest BCUT2D eigenvalue weighted by molar-refractivity contribution is 8.00. The third kappa shape index (κ3) is 3.70. The second-order valence-corrected chi connectivity index (χ2v) is 8.16. The van der Waals surface area contributed by atoms with Crippen molar-refractivity contribution in [3.63, 3.8) is 0 Å². The molecule has 144 valence electrons. The number of carbonyl (C=O) groups excluding carboxylic acids is 1. The Bertz CT molecular complexity index is 986. The van der Waals surface area contributed by atoms with Gasteiger partial charge in [-0.05, 0) is 61.0 Å². The van der Waals surface area contributed by atoms with E-state index in [0.29, 0.717) is 5.02 Å². The zero-order chi connectivity index (χ0) is 19.7. The molecule has 0 saturated heterocycles. The van der Waals surface area contributed by atoms with E-state index >= 15 is 0 Å². The highest BCUT2D eigenvalue weighted by Gasteiger charge is 2.36. The number of ether oxygens (including phenoxy) is 1. The lowest BCUT2D eigenvalue weighted by Crippen LogP contribution is -2.41. The van der Waals surface area contributed by atoms with Crippen molar-refractivity contribution < 1.29 is 9.53 Å². The van der Waals surface area contributed by atoms with Gasteiger partial charge in [-0.15, -0.1) is 0 Å². The molecule has 1 aromatic heterocycles. The summed E-state index contributed by atoms with van der Waals surface area (Å²) in [5.41, 5.74) is 6.33. The van der Waals surface area contributed by atoms with Gasteiger partial charge in [0, 0.05) is 16.4 Å². The number of benzene rings is 2. The molecule has 1 aliphatic rings. The van der Waals surface area contributed by atoms with Crippen LogP contribution < -0.4 is 15.5 Å². The van der Waals surface area contributed by atoms with Crippen molar-refractivity contribution in [1.29, 1.82) is 0 Å². The predicted molar refractivity (Wildman–Crippen MR) is 114 cm³/mol. The summed E-state index contributed by atoms with van der Waals surface area (Å²) in [4.78, 5) is 13.1. The van der Waals surface area contributed by atoms with Crippen LogP contribution in [0.15, 0.2) is 65.7 Å². The van der Waals surface area contributed by atoms with Gasteiger partial charge in [0.15, 0.2) is 0 Å². The summed E-state index contributed by atoms with van der Waals surface area (Å²) >= 11 is 7.50. The molecule has 1 aliphatic heterocycles. The summed E-state index contributed by atoms with van der Waals surface area (Å²) < 4.78 is 7.29. The van der Waals surface area contributed by atoms with Crippen molar-refractivity contribution in [2.75, 3.05) is 17.9 Å². The van der Waals surface area contributed by atoms with Gasteiger partial charge in [0.25, 0.3) is 0 Å². The minimum atomic E-state index is -0.342. The average molecular weight is 414 g/mol. The maximum atomic E-state index is 13.1. The maximum absolute atomic E-state index is 13.1. The normalized spacial score (nSPS) is 18.1. The number of rotatable bonds is 4. The summed E-state index contributed by atoms with van der Waals surface area (Å²) in [5, 5.41) is 4.31. The number of carbonyl (C=O) groups is 1. The summed E-state index contributed by atoms with van der Waals surface area (Å²) in [6.45, 7) is 2.04. The number of hydrogen-bond donors (Lipinski definition) is 2. The molecular weight excluding hydrogens is 394 g/mol. The lowest BCUT2D eigenvalue weighted by molar-refractivity contribution is -0.116. The molecule has 0 saturated carbocycles. The van der Waals surface area contributed by atoms with E-state index in [1.165, 1.54) is 0 Å². The van der Waals surface area contributed by atoms with Crippen LogP contribution in [0.1, 0.15) is 17.3 Å². The number of nitrogens with one attached hydrogen (secondary N) is 2. The van der Waals surface area contributed by atoms with Crippen LogP contribution in [0, 0.1) is 6.92 Å². The number of aryl methyl sites for hydroxylation is 1. The van der Waals surface area contributed by atoms with E-state index in [4.69, 9.17) is 16.3 Å². The van der Waals surface area contributed by atoms with Crippen LogP contribution in [0.5, 0.6) is 5.75 Å². The molecule has 2 aromatic carbocycles. The number of nitrogens with zero attached hydrogens (tertiary/aromatic N) is 1. The van der Waals surface area contributed by atoms with Crippen molar-refractivity contribution in [2.24, 2.45) is 0 Å². The zero-order valence-electron chi connectivity index (χ0n) is 15.5. The third-order valence-electron chi connectivity index (χ3n) is 4.70. The molecule has 0 bridgehead atoms. The predicted octanol–water partition coefficient (Wildman–Crippen LogP) is 4.86. The minimum absolute atomic E-state index is 0.0641. The molecule has 3 aromatic rings. The Labute approximate surface area is 173 Å². The van der Waals surface area contributed by atoms with Gasteiger partial charge in [0.05, 0.1) is 18.2 Å². The molecule has 0 fully saturated rings. The molecule has 2 N–H and O–H groups in total. The van der Waals surface area contributed by atoms with Crippen LogP contribution in [0.25, 0.3) is 0 Å². The van der Waals surface area contributed by atoms with Crippen LogP contribution in [0.4, 0.5) is 5.69 Å².